The van der Waals surface area contributed by atoms with Crippen LogP contribution in [0.4, 0.5) is 0 Å². The smallest absolute Gasteiger partial charge is 0.273 e. The van der Waals surface area contributed by atoms with Crippen molar-refractivity contribution in [3.8, 4) is 0 Å². The average molecular weight is 267 g/mol. The Hall–Kier alpha value is -0.940. The lowest BCUT2D eigenvalue weighted by Crippen LogP contribution is -2.46. The molecule has 1 aliphatic rings. The Balaban J connectivity index is 2.09. The predicted octanol–water partition coefficient (Wildman–Crippen LogP) is 1.90. The van der Waals surface area contributed by atoms with E-state index in [1.54, 1.807) is 0 Å². The maximum atomic E-state index is 12.4. The van der Waals surface area contributed by atoms with Crippen LogP contribution >= 0.6 is 11.3 Å². The third-order valence-corrected chi connectivity index (χ3v) is 4.67. The van der Waals surface area contributed by atoms with Gasteiger partial charge in [-0.1, -0.05) is 6.92 Å². The first kappa shape index (κ1) is 13.5. The van der Waals surface area contributed by atoms with Crippen molar-refractivity contribution >= 4 is 17.2 Å². The van der Waals surface area contributed by atoms with Crippen LogP contribution in [0.1, 0.15) is 42.2 Å². The van der Waals surface area contributed by atoms with E-state index in [1.165, 1.54) is 17.8 Å². The van der Waals surface area contributed by atoms with E-state index in [2.05, 4.69) is 18.8 Å². The van der Waals surface area contributed by atoms with E-state index in [1.807, 2.05) is 10.3 Å². The third-order valence-electron chi connectivity index (χ3n) is 3.76. The van der Waals surface area contributed by atoms with E-state index in [0.29, 0.717) is 24.2 Å². The standard InChI is InChI=1S/C13H21N3OS/c1-9-4-3-7-16(10(9)2)13(17)11-8-18-12(15-11)5-6-14/h8-10H,3-7,14H2,1-2H3/t9-,10-/m0/s1. The van der Waals surface area contributed by atoms with Crippen LogP contribution in [0.3, 0.4) is 0 Å². The third kappa shape index (κ3) is 2.72. The Labute approximate surface area is 112 Å². The summed E-state index contributed by atoms with van der Waals surface area (Å²) in [6.07, 6.45) is 3.06. The highest BCUT2D eigenvalue weighted by molar-refractivity contribution is 7.09. The molecule has 100 valence electrons. The number of thiazole rings is 1. The second kappa shape index (κ2) is 5.80. The second-order valence-electron chi connectivity index (χ2n) is 5.02. The Morgan fingerprint density at radius 2 is 2.39 bits per heavy atom. The number of likely N-dealkylation sites (tertiary alicyclic amines) is 1. The Morgan fingerprint density at radius 3 is 3.11 bits per heavy atom. The zero-order valence-electron chi connectivity index (χ0n) is 11.1. The summed E-state index contributed by atoms with van der Waals surface area (Å²) >= 11 is 1.53. The van der Waals surface area contributed by atoms with Crippen molar-refractivity contribution in [2.45, 2.75) is 39.2 Å². The summed E-state index contributed by atoms with van der Waals surface area (Å²) < 4.78 is 0. The molecular formula is C13H21N3OS. The van der Waals surface area contributed by atoms with Crippen LogP contribution in [0.15, 0.2) is 5.38 Å². The summed E-state index contributed by atoms with van der Waals surface area (Å²) in [7, 11) is 0. The van der Waals surface area contributed by atoms with Gasteiger partial charge in [0, 0.05) is 24.4 Å². The summed E-state index contributed by atoms with van der Waals surface area (Å²) in [6, 6.07) is 0.311. The first-order valence-electron chi connectivity index (χ1n) is 6.59. The van der Waals surface area contributed by atoms with Crippen LogP contribution < -0.4 is 5.73 Å². The molecule has 0 saturated carbocycles. The normalized spacial score (nSPS) is 24.3. The van der Waals surface area contributed by atoms with Gasteiger partial charge in [-0.2, -0.15) is 0 Å². The Morgan fingerprint density at radius 1 is 1.61 bits per heavy atom. The van der Waals surface area contributed by atoms with Crippen LogP contribution in [0.25, 0.3) is 0 Å². The molecule has 2 atom stereocenters. The van der Waals surface area contributed by atoms with Gasteiger partial charge in [-0.15, -0.1) is 11.3 Å². The van der Waals surface area contributed by atoms with Gasteiger partial charge in [-0.3, -0.25) is 4.79 Å². The maximum Gasteiger partial charge on any atom is 0.273 e. The van der Waals surface area contributed by atoms with Gasteiger partial charge in [-0.25, -0.2) is 4.98 Å². The molecule has 2 N–H and O–H groups in total. The van der Waals surface area contributed by atoms with Gasteiger partial charge < -0.3 is 10.6 Å². The molecule has 4 nitrogen and oxygen atoms in total. The van der Waals surface area contributed by atoms with Crippen LogP contribution in [-0.2, 0) is 6.42 Å². The molecule has 1 fully saturated rings. The largest absolute Gasteiger partial charge is 0.334 e. The van der Waals surface area contributed by atoms with Crippen LogP contribution in [0, 0.1) is 5.92 Å². The molecule has 1 saturated heterocycles. The zero-order chi connectivity index (χ0) is 13.1. The highest BCUT2D eigenvalue weighted by atomic mass is 32.1. The van der Waals surface area contributed by atoms with Crippen LogP contribution in [-0.4, -0.2) is 34.9 Å². The van der Waals surface area contributed by atoms with E-state index >= 15 is 0 Å². The molecule has 1 aliphatic heterocycles. The monoisotopic (exact) mass is 267 g/mol. The fraction of sp³-hybridized carbons (Fsp3) is 0.692. The van der Waals surface area contributed by atoms with Gasteiger partial charge in [0.2, 0.25) is 0 Å². The maximum absolute atomic E-state index is 12.4. The molecule has 5 heteroatoms. The number of hydrogen-bond acceptors (Lipinski definition) is 4. The van der Waals surface area contributed by atoms with Crippen molar-refractivity contribution < 1.29 is 4.79 Å². The minimum atomic E-state index is 0.0774. The molecule has 0 aliphatic carbocycles. The van der Waals surface area contributed by atoms with Crippen molar-refractivity contribution in [1.29, 1.82) is 0 Å². The number of carbonyl (C=O) groups excluding carboxylic acids is 1. The van der Waals surface area contributed by atoms with E-state index < -0.39 is 0 Å². The molecule has 0 aromatic carbocycles. The van der Waals surface area contributed by atoms with Crippen molar-refractivity contribution in [2.75, 3.05) is 13.1 Å². The summed E-state index contributed by atoms with van der Waals surface area (Å²) in [5, 5.41) is 2.82. The lowest BCUT2D eigenvalue weighted by molar-refractivity contribution is 0.0545. The number of amides is 1. The number of piperidine rings is 1. The number of hydrogen-bond donors (Lipinski definition) is 1. The summed E-state index contributed by atoms with van der Waals surface area (Å²) in [6.45, 7) is 5.78. The highest BCUT2D eigenvalue weighted by Gasteiger charge is 2.29. The topological polar surface area (TPSA) is 59.2 Å². The van der Waals surface area contributed by atoms with Gasteiger partial charge in [0.1, 0.15) is 5.69 Å². The summed E-state index contributed by atoms with van der Waals surface area (Å²) in [4.78, 5) is 18.8. The van der Waals surface area contributed by atoms with E-state index in [0.717, 1.165) is 24.4 Å². The lowest BCUT2D eigenvalue weighted by atomic mass is 9.92. The van der Waals surface area contributed by atoms with Crippen molar-refractivity contribution in [1.82, 2.24) is 9.88 Å². The molecule has 0 radical (unpaired) electrons. The molecule has 0 unspecified atom stereocenters. The summed E-state index contributed by atoms with van der Waals surface area (Å²) in [5.41, 5.74) is 6.09. The fourth-order valence-electron chi connectivity index (χ4n) is 2.42. The SMILES string of the molecule is C[C@H]1CCCN(C(=O)c2csc(CCN)n2)[C@H]1C. The number of nitrogens with zero attached hydrogens (tertiary/aromatic N) is 2. The average Bonchev–Trinajstić information content (AvgIpc) is 2.81. The van der Waals surface area contributed by atoms with E-state index in [-0.39, 0.29) is 5.91 Å². The molecule has 1 aromatic rings. The molecule has 0 bridgehead atoms. The van der Waals surface area contributed by atoms with Gasteiger partial charge in [0.05, 0.1) is 5.01 Å². The zero-order valence-corrected chi connectivity index (χ0v) is 11.9. The Bertz CT molecular complexity index is 418. The lowest BCUT2D eigenvalue weighted by Gasteiger charge is -2.37. The second-order valence-corrected chi connectivity index (χ2v) is 5.97. The number of aromatic nitrogens is 1. The molecule has 1 amide bonds. The molecule has 1 aromatic heterocycles. The number of rotatable bonds is 3. The van der Waals surface area contributed by atoms with Crippen LogP contribution in [0.2, 0.25) is 0 Å². The first-order valence-corrected chi connectivity index (χ1v) is 7.47. The van der Waals surface area contributed by atoms with E-state index in [4.69, 9.17) is 5.73 Å². The highest BCUT2D eigenvalue weighted by Crippen LogP contribution is 2.24. The van der Waals surface area contributed by atoms with Crippen molar-refractivity contribution in [2.24, 2.45) is 11.7 Å². The van der Waals surface area contributed by atoms with E-state index in [9.17, 15) is 4.79 Å². The van der Waals surface area contributed by atoms with Gasteiger partial charge in [0.25, 0.3) is 5.91 Å². The first-order chi connectivity index (χ1) is 8.63. The molecule has 0 spiro atoms. The van der Waals surface area contributed by atoms with Crippen LogP contribution in [0.5, 0.6) is 0 Å². The molecule has 18 heavy (non-hydrogen) atoms. The fourth-order valence-corrected chi connectivity index (χ4v) is 3.20. The number of nitrogens with two attached hydrogens (primary N) is 1. The quantitative estimate of drug-likeness (QED) is 0.910. The molecule has 2 heterocycles. The minimum absolute atomic E-state index is 0.0774. The number of carbonyl (C=O) groups is 1. The Kier molecular flexibility index (Phi) is 4.35. The van der Waals surface area contributed by atoms with Crippen molar-refractivity contribution in [3.05, 3.63) is 16.1 Å². The molecular weight excluding hydrogens is 246 g/mol. The predicted molar refractivity (Wildman–Crippen MR) is 73.8 cm³/mol. The van der Waals surface area contributed by atoms with Gasteiger partial charge in [-0.05, 0) is 32.2 Å². The molecule has 2 rings (SSSR count). The summed E-state index contributed by atoms with van der Waals surface area (Å²) in [5.74, 6) is 0.651. The van der Waals surface area contributed by atoms with Gasteiger partial charge in [0.15, 0.2) is 0 Å². The van der Waals surface area contributed by atoms with Crippen molar-refractivity contribution in [3.63, 3.8) is 0 Å². The van der Waals surface area contributed by atoms with Gasteiger partial charge >= 0.3 is 0 Å². The minimum Gasteiger partial charge on any atom is -0.334 e.